The summed E-state index contributed by atoms with van der Waals surface area (Å²) in [6, 6.07) is 22.6. The third-order valence-electron chi connectivity index (χ3n) is 11.8. The molecule has 0 aliphatic rings. The number of nitrogens with zero attached hydrogens (tertiary/aromatic N) is 2. The Morgan fingerprint density at radius 1 is 0.510 bits per heavy atom. The van der Waals surface area contributed by atoms with Crippen LogP contribution in [0, 0.1) is 0 Å². The van der Waals surface area contributed by atoms with Crippen molar-refractivity contribution in [2.75, 3.05) is 0 Å². The molecule has 0 fully saturated rings. The number of benzene rings is 2. The molecule has 0 aliphatic heterocycles. The largest absolute Gasteiger partial charge is 0.335 e. The molecule has 0 spiro atoms. The van der Waals surface area contributed by atoms with E-state index in [9.17, 15) is 0 Å². The van der Waals surface area contributed by atoms with E-state index in [1.165, 1.54) is 190 Å². The van der Waals surface area contributed by atoms with Crippen LogP contribution >= 0.6 is 0 Å². The fraction of sp³-hybridized carbons (Fsp3) is 0.694. The van der Waals surface area contributed by atoms with Gasteiger partial charge < -0.3 is 4.57 Å². The molecule has 51 heavy (non-hydrogen) atoms. The fourth-order valence-electron chi connectivity index (χ4n) is 8.48. The second kappa shape index (κ2) is 28.2. The molecule has 1 aromatic heterocycles. The van der Waals surface area contributed by atoms with Gasteiger partial charge in [-0.2, -0.15) is 0 Å². The smallest absolute Gasteiger partial charge is 0.112 e. The Hall–Kier alpha value is -2.35. The van der Waals surface area contributed by atoms with Crippen LogP contribution in [0.1, 0.15) is 217 Å². The monoisotopic (exact) mass is 697 g/mol. The van der Waals surface area contributed by atoms with Gasteiger partial charge >= 0.3 is 0 Å². The Bertz CT molecular complexity index is 1180. The van der Waals surface area contributed by atoms with Crippen LogP contribution in [-0.2, 0) is 18.4 Å². The third-order valence-corrected chi connectivity index (χ3v) is 11.8. The number of aromatic nitrogens is 2. The van der Waals surface area contributed by atoms with Crippen LogP contribution < -0.4 is 0 Å². The number of aryl methyl sites for hydroxylation is 1. The van der Waals surface area contributed by atoms with E-state index in [1.54, 1.807) is 0 Å². The normalized spacial score (nSPS) is 13.4. The van der Waals surface area contributed by atoms with Crippen LogP contribution in [0.5, 0.6) is 0 Å². The van der Waals surface area contributed by atoms with E-state index in [-0.39, 0.29) is 5.41 Å². The molecular formula is C49H80N2. The summed E-state index contributed by atoms with van der Waals surface area (Å²) in [5.74, 6) is 1.69. The molecule has 0 aliphatic carbocycles. The van der Waals surface area contributed by atoms with E-state index in [2.05, 4.69) is 98.4 Å². The first kappa shape index (κ1) is 43.1. The zero-order chi connectivity index (χ0) is 36.1. The van der Waals surface area contributed by atoms with Gasteiger partial charge in [0.05, 0.1) is 0 Å². The molecule has 286 valence electrons. The molecule has 3 aromatic rings. The Labute approximate surface area is 317 Å². The maximum atomic E-state index is 5.17. The van der Waals surface area contributed by atoms with Crippen LogP contribution in [-0.4, -0.2) is 9.55 Å². The zero-order valence-corrected chi connectivity index (χ0v) is 33.9. The van der Waals surface area contributed by atoms with Crippen molar-refractivity contribution in [3.05, 3.63) is 90.0 Å². The summed E-state index contributed by atoms with van der Waals surface area (Å²) in [6.07, 6.45) is 43.0. The van der Waals surface area contributed by atoms with Gasteiger partial charge in [0.15, 0.2) is 0 Å². The van der Waals surface area contributed by atoms with E-state index in [4.69, 9.17) is 4.98 Å². The summed E-state index contributed by atoms with van der Waals surface area (Å²) in [4.78, 5) is 5.17. The summed E-state index contributed by atoms with van der Waals surface area (Å²) in [5.41, 5.74) is 2.84. The van der Waals surface area contributed by atoms with Gasteiger partial charge in [-0.25, -0.2) is 4.98 Å². The molecule has 1 heterocycles. The lowest BCUT2D eigenvalue weighted by molar-refractivity contribution is 0.321. The summed E-state index contributed by atoms with van der Waals surface area (Å²) in [5, 5.41) is 0. The molecule has 0 N–H and O–H groups in total. The predicted molar refractivity (Wildman–Crippen MR) is 225 cm³/mol. The van der Waals surface area contributed by atoms with Gasteiger partial charge in [0.25, 0.3) is 0 Å². The lowest BCUT2D eigenvalue weighted by Gasteiger charge is -2.39. The SMILES string of the molecule is CCCCCCCCCCCCCCCCCCC(c1nccn1CCCCCCCCCCCC)C(C)(Cc1ccccc1)c1ccccc1. The molecule has 0 amide bonds. The van der Waals surface area contributed by atoms with Gasteiger partial charge in [0, 0.05) is 30.3 Å². The predicted octanol–water partition coefficient (Wildman–Crippen LogP) is 15.7. The van der Waals surface area contributed by atoms with Crippen LogP contribution in [0.15, 0.2) is 73.1 Å². The second-order valence-electron chi connectivity index (χ2n) is 16.3. The van der Waals surface area contributed by atoms with Crippen molar-refractivity contribution in [3.63, 3.8) is 0 Å². The summed E-state index contributed by atoms with van der Waals surface area (Å²) >= 11 is 0. The van der Waals surface area contributed by atoms with Crippen molar-refractivity contribution in [1.29, 1.82) is 0 Å². The van der Waals surface area contributed by atoms with Crippen molar-refractivity contribution in [2.24, 2.45) is 0 Å². The molecule has 2 unspecified atom stereocenters. The number of hydrogen-bond donors (Lipinski definition) is 0. The summed E-state index contributed by atoms with van der Waals surface area (Å²) in [7, 11) is 0. The molecule has 0 bridgehead atoms. The van der Waals surface area contributed by atoms with E-state index in [1.807, 2.05) is 0 Å². The maximum Gasteiger partial charge on any atom is 0.112 e. The highest BCUT2D eigenvalue weighted by Crippen LogP contribution is 2.44. The Balaban J connectivity index is 1.52. The lowest BCUT2D eigenvalue weighted by atomic mass is 9.66. The maximum absolute atomic E-state index is 5.17. The van der Waals surface area contributed by atoms with Crippen molar-refractivity contribution in [2.45, 2.75) is 218 Å². The number of hydrogen-bond acceptors (Lipinski definition) is 1. The van der Waals surface area contributed by atoms with Gasteiger partial charge in [-0.3, -0.25) is 0 Å². The van der Waals surface area contributed by atoms with E-state index >= 15 is 0 Å². The van der Waals surface area contributed by atoms with Gasteiger partial charge in [-0.05, 0) is 30.4 Å². The quantitative estimate of drug-likeness (QED) is 0.0580. The summed E-state index contributed by atoms with van der Waals surface area (Å²) < 4.78 is 2.54. The zero-order valence-electron chi connectivity index (χ0n) is 33.9. The van der Waals surface area contributed by atoms with Crippen molar-refractivity contribution >= 4 is 0 Å². The molecule has 2 nitrogen and oxygen atoms in total. The molecular weight excluding hydrogens is 617 g/mol. The first-order valence-corrected chi connectivity index (χ1v) is 22.3. The van der Waals surface area contributed by atoms with Crippen LogP contribution in [0.2, 0.25) is 0 Å². The highest BCUT2D eigenvalue weighted by atomic mass is 15.1. The number of unbranched alkanes of at least 4 members (excludes halogenated alkanes) is 24. The minimum atomic E-state index is -0.0288. The Morgan fingerprint density at radius 2 is 0.922 bits per heavy atom. The third kappa shape index (κ3) is 17.8. The van der Waals surface area contributed by atoms with Crippen LogP contribution in [0.25, 0.3) is 0 Å². The Morgan fingerprint density at radius 3 is 1.39 bits per heavy atom. The standard InChI is InChI=1S/C49H80N2/c1-4-6-8-10-12-14-16-17-18-19-20-21-22-24-26-34-40-47(49(3,46-38-32-29-33-39-46)44-45-36-30-28-31-37-45)48-50-41-43-51(48)42-35-27-25-23-15-13-11-9-7-5-2/h28-33,36-39,41,43,47H,4-27,34-35,40,42,44H2,1-3H3. The van der Waals surface area contributed by atoms with E-state index in [0.29, 0.717) is 5.92 Å². The van der Waals surface area contributed by atoms with Crippen LogP contribution in [0.3, 0.4) is 0 Å². The molecule has 0 saturated heterocycles. The number of imidazole rings is 1. The molecule has 3 rings (SSSR count). The van der Waals surface area contributed by atoms with Gasteiger partial charge in [-0.15, -0.1) is 0 Å². The van der Waals surface area contributed by atoms with E-state index in [0.717, 1.165) is 13.0 Å². The topological polar surface area (TPSA) is 17.8 Å². The van der Waals surface area contributed by atoms with Gasteiger partial charge in [0.1, 0.15) is 5.82 Å². The van der Waals surface area contributed by atoms with Gasteiger partial charge in [-0.1, -0.05) is 242 Å². The minimum absolute atomic E-state index is 0.0288. The fourth-order valence-corrected chi connectivity index (χ4v) is 8.48. The van der Waals surface area contributed by atoms with Crippen LogP contribution in [0.4, 0.5) is 0 Å². The molecule has 2 aromatic carbocycles. The molecule has 2 heteroatoms. The van der Waals surface area contributed by atoms with Gasteiger partial charge in [0.2, 0.25) is 0 Å². The first-order chi connectivity index (χ1) is 25.2. The summed E-state index contributed by atoms with van der Waals surface area (Å²) in [6.45, 7) is 8.24. The highest BCUT2D eigenvalue weighted by Gasteiger charge is 2.39. The minimum Gasteiger partial charge on any atom is -0.335 e. The average molecular weight is 697 g/mol. The second-order valence-corrected chi connectivity index (χ2v) is 16.3. The molecule has 2 atom stereocenters. The number of rotatable bonds is 33. The first-order valence-electron chi connectivity index (χ1n) is 22.3. The van der Waals surface area contributed by atoms with Crippen molar-refractivity contribution < 1.29 is 0 Å². The van der Waals surface area contributed by atoms with Crippen molar-refractivity contribution in [1.82, 2.24) is 9.55 Å². The molecule has 0 saturated carbocycles. The lowest BCUT2D eigenvalue weighted by Crippen LogP contribution is -2.35. The average Bonchev–Trinajstić information content (AvgIpc) is 3.62. The Kier molecular flexibility index (Phi) is 23.8. The highest BCUT2D eigenvalue weighted by molar-refractivity contribution is 5.33. The van der Waals surface area contributed by atoms with E-state index < -0.39 is 0 Å². The molecule has 0 radical (unpaired) electrons. The van der Waals surface area contributed by atoms with Crippen molar-refractivity contribution in [3.8, 4) is 0 Å².